The Morgan fingerprint density at radius 3 is 2.78 bits per heavy atom. The molecule has 0 radical (unpaired) electrons. The van der Waals surface area contributed by atoms with E-state index in [0.717, 1.165) is 34.5 Å². The van der Waals surface area contributed by atoms with E-state index < -0.39 is 0 Å². The molecule has 0 aliphatic carbocycles. The van der Waals surface area contributed by atoms with Crippen molar-refractivity contribution in [1.29, 1.82) is 0 Å². The molecule has 1 N–H and O–H groups in total. The van der Waals surface area contributed by atoms with E-state index in [1.54, 1.807) is 12.0 Å². The smallest absolute Gasteiger partial charge is 0.229 e. The Hall–Kier alpha value is -2.82. The minimum absolute atomic E-state index is 0.0408. The summed E-state index contributed by atoms with van der Waals surface area (Å²) < 4.78 is 5.24. The average Bonchev–Trinajstić information content (AvgIpc) is 3.05. The molecule has 1 aliphatic heterocycles. The Bertz CT molecular complexity index is 847. The van der Waals surface area contributed by atoms with E-state index in [0.29, 0.717) is 13.1 Å². The van der Waals surface area contributed by atoms with Crippen LogP contribution in [0.1, 0.15) is 23.1 Å². The predicted octanol–water partition coefficient (Wildman–Crippen LogP) is 3.34. The summed E-state index contributed by atoms with van der Waals surface area (Å²) in [5, 5.41) is 2.99. The average molecular weight is 366 g/mol. The van der Waals surface area contributed by atoms with Crippen LogP contribution in [0.15, 0.2) is 42.5 Å². The molecule has 1 saturated heterocycles. The van der Waals surface area contributed by atoms with E-state index in [-0.39, 0.29) is 24.2 Å². The van der Waals surface area contributed by atoms with Crippen LogP contribution in [0.5, 0.6) is 5.75 Å². The summed E-state index contributed by atoms with van der Waals surface area (Å²) >= 11 is 0. The van der Waals surface area contributed by atoms with Gasteiger partial charge in [0.05, 0.1) is 13.0 Å². The van der Waals surface area contributed by atoms with Crippen LogP contribution in [0.25, 0.3) is 0 Å². The lowest BCUT2D eigenvalue weighted by atomic mass is 10.1. The molecule has 142 valence electrons. The summed E-state index contributed by atoms with van der Waals surface area (Å²) in [6.07, 6.45) is 1.02. The minimum atomic E-state index is -0.303. The van der Waals surface area contributed by atoms with Crippen LogP contribution < -0.4 is 10.1 Å². The van der Waals surface area contributed by atoms with Crippen molar-refractivity contribution in [2.45, 2.75) is 26.7 Å². The molecule has 1 atom stereocenters. The molecule has 1 heterocycles. The van der Waals surface area contributed by atoms with Crippen LogP contribution in [0.2, 0.25) is 0 Å². The van der Waals surface area contributed by atoms with Gasteiger partial charge < -0.3 is 15.0 Å². The number of hydrogen-bond donors (Lipinski definition) is 1. The summed E-state index contributed by atoms with van der Waals surface area (Å²) in [6.45, 7) is 5.09. The van der Waals surface area contributed by atoms with Crippen LogP contribution in [-0.4, -0.2) is 36.9 Å². The molecule has 0 saturated carbocycles. The van der Waals surface area contributed by atoms with Gasteiger partial charge >= 0.3 is 0 Å². The fourth-order valence-corrected chi connectivity index (χ4v) is 3.38. The first-order valence-corrected chi connectivity index (χ1v) is 9.25. The van der Waals surface area contributed by atoms with Crippen molar-refractivity contribution in [3.8, 4) is 5.75 Å². The molecular weight excluding hydrogens is 340 g/mol. The second-order valence-electron chi connectivity index (χ2n) is 7.08. The lowest BCUT2D eigenvalue weighted by molar-refractivity contribution is -0.128. The lowest BCUT2D eigenvalue weighted by Gasteiger charge is -2.17. The normalized spacial score (nSPS) is 16.5. The molecule has 0 spiro atoms. The highest BCUT2D eigenvalue weighted by Crippen LogP contribution is 2.23. The van der Waals surface area contributed by atoms with Gasteiger partial charge in [0.1, 0.15) is 5.75 Å². The molecule has 1 aliphatic rings. The number of anilines is 1. The quantitative estimate of drug-likeness (QED) is 0.853. The molecule has 5 nitrogen and oxygen atoms in total. The third-order valence-electron chi connectivity index (χ3n) is 5.25. The Kier molecular flexibility index (Phi) is 5.79. The van der Waals surface area contributed by atoms with E-state index in [1.807, 2.05) is 56.3 Å². The topological polar surface area (TPSA) is 58.6 Å². The predicted molar refractivity (Wildman–Crippen MR) is 106 cm³/mol. The molecule has 3 rings (SSSR count). The maximum Gasteiger partial charge on any atom is 0.229 e. The lowest BCUT2D eigenvalue weighted by Crippen LogP contribution is -2.30. The number of likely N-dealkylation sites (tertiary alicyclic amines) is 1. The van der Waals surface area contributed by atoms with Gasteiger partial charge in [-0.3, -0.25) is 9.59 Å². The SMILES string of the molecule is COc1cccc(CCN2CC(C(=O)Nc3cccc(C)c3C)CC2=O)c1. The van der Waals surface area contributed by atoms with Gasteiger partial charge in [0.2, 0.25) is 11.8 Å². The van der Waals surface area contributed by atoms with Crippen molar-refractivity contribution < 1.29 is 14.3 Å². The molecular formula is C22H26N2O3. The molecule has 27 heavy (non-hydrogen) atoms. The maximum absolute atomic E-state index is 12.6. The molecule has 2 amide bonds. The molecule has 0 bridgehead atoms. The largest absolute Gasteiger partial charge is 0.497 e. The summed E-state index contributed by atoms with van der Waals surface area (Å²) in [7, 11) is 1.64. The van der Waals surface area contributed by atoms with Gasteiger partial charge in [0, 0.05) is 25.2 Å². The van der Waals surface area contributed by atoms with Crippen LogP contribution >= 0.6 is 0 Å². The number of amides is 2. The Labute approximate surface area is 160 Å². The highest BCUT2D eigenvalue weighted by atomic mass is 16.5. The number of hydrogen-bond acceptors (Lipinski definition) is 3. The van der Waals surface area contributed by atoms with Crippen LogP contribution in [0, 0.1) is 19.8 Å². The molecule has 2 aromatic rings. The van der Waals surface area contributed by atoms with E-state index in [4.69, 9.17) is 4.74 Å². The minimum Gasteiger partial charge on any atom is -0.497 e. The number of aryl methyl sites for hydroxylation is 1. The number of carbonyl (C=O) groups excluding carboxylic acids is 2. The third-order valence-corrected chi connectivity index (χ3v) is 5.25. The number of methoxy groups -OCH3 is 1. The standard InChI is InChI=1S/C22H26N2O3/c1-15-6-4-9-20(16(15)2)23-22(26)18-13-21(25)24(14-18)11-10-17-7-5-8-19(12-17)27-3/h4-9,12,18H,10-11,13-14H2,1-3H3,(H,23,26). The zero-order chi connectivity index (χ0) is 19.4. The first-order chi connectivity index (χ1) is 13.0. The Morgan fingerprint density at radius 2 is 2.00 bits per heavy atom. The maximum atomic E-state index is 12.6. The van der Waals surface area contributed by atoms with Gasteiger partial charge in [-0.15, -0.1) is 0 Å². The molecule has 0 aromatic heterocycles. The molecule has 5 heteroatoms. The highest BCUT2D eigenvalue weighted by Gasteiger charge is 2.34. The van der Waals surface area contributed by atoms with Crippen molar-refractivity contribution in [2.24, 2.45) is 5.92 Å². The van der Waals surface area contributed by atoms with Crippen molar-refractivity contribution in [1.82, 2.24) is 4.90 Å². The van der Waals surface area contributed by atoms with E-state index >= 15 is 0 Å². The second kappa shape index (κ2) is 8.25. The van der Waals surface area contributed by atoms with Gasteiger partial charge in [-0.2, -0.15) is 0 Å². The van der Waals surface area contributed by atoms with Crippen LogP contribution in [-0.2, 0) is 16.0 Å². The first kappa shape index (κ1) is 19.0. The fraction of sp³-hybridized carbons (Fsp3) is 0.364. The molecule has 1 unspecified atom stereocenters. The summed E-state index contributed by atoms with van der Waals surface area (Å²) in [4.78, 5) is 26.7. The zero-order valence-electron chi connectivity index (χ0n) is 16.1. The van der Waals surface area contributed by atoms with Gasteiger partial charge in [-0.1, -0.05) is 24.3 Å². The number of rotatable bonds is 6. The van der Waals surface area contributed by atoms with Gasteiger partial charge in [0.15, 0.2) is 0 Å². The number of nitrogens with one attached hydrogen (secondary N) is 1. The van der Waals surface area contributed by atoms with Gasteiger partial charge in [-0.05, 0) is 55.2 Å². The summed E-state index contributed by atoms with van der Waals surface area (Å²) in [5.41, 5.74) is 4.13. The first-order valence-electron chi connectivity index (χ1n) is 9.25. The number of benzene rings is 2. The summed E-state index contributed by atoms with van der Waals surface area (Å²) in [6, 6.07) is 13.7. The Morgan fingerprint density at radius 1 is 1.22 bits per heavy atom. The van der Waals surface area contributed by atoms with Crippen molar-refractivity contribution >= 4 is 17.5 Å². The number of carbonyl (C=O) groups is 2. The van der Waals surface area contributed by atoms with Crippen molar-refractivity contribution in [2.75, 3.05) is 25.5 Å². The van der Waals surface area contributed by atoms with E-state index in [1.165, 1.54) is 0 Å². The summed E-state index contributed by atoms with van der Waals surface area (Å²) in [5.74, 6) is 0.466. The van der Waals surface area contributed by atoms with Crippen molar-refractivity contribution in [3.63, 3.8) is 0 Å². The third kappa shape index (κ3) is 4.48. The van der Waals surface area contributed by atoms with E-state index in [9.17, 15) is 9.59 Å². The molecule has 1 fully saturated rings. The van der Waals surface area contributed by atoms with Gasteiger partial charge in [0.25, 0.3) is 0 Å². The van der Waals surface area contributed by atoms with Crippen molar-refractivity contribution in [3.05, 3.63) is 59.2 Å². The number of ether oxygens (including phenoxy) is 1. The van der Waals surface area contributed by atoms with Gasteiger partial charge in [-0.25, -0.2) is 0 Å². The van der Waals surface area contributed by atoms with Crippen LogP contribution in [0.3, 0.4) is 0 Å². The highest BCUT2D eigenvalue weighted by molar-refractivity contribution is 5.97. The zero-order valence-corrected chi connectivity index (χ0v) is 16.1. The molecule has 2 aromatic carbocycles. The number of nitrogens with zero attached hydrogens (tertiary/aromatic N) is 1. The second-order valence-corrected chi connectivity index (χ2v) is 7.08. The van der Waals surface area contributed by atoms with Crippen LogP contribution in [0.4, 0.5) is 5.69 Å². The fourth-order valence-electron chi connectivity index (χ4n) is 3.38. The monoisotopic (exact) mass is 366 g/mol. The van der Waals surface area contributed by atoms with E-state index in [2.05, 4.69) is 5.32 Å². The Balaban J connectivity index is 1.58.